The van der Waals surface area contributed by atoms with Crippen molar-refractivity contribution in [1.29, 1.82) is 0 Å². The molecule has 0 spiro atoms. The summed E-state index contributed by atoms with van der Waals surface area (Å²) in [6, 6.07) is 12.4. The molecule has 0 radical (unpaired) electrons. The molecule has 2 rings (SSSR count). The Morgan fingerprint density at radius 2 is 1.83 bits per heavy atom. The lowest BCUT2D eigenvalue weighted by Crippen LogP contribution is -2.07. The number of ether oxygens (including phenoxy) is 2. The lowest BCUT2D eigenvalue weighted by molar-refractivity contribution is -0.111. The number of amides is 1. The van der Waals surface area contributed by atoms with E-state index in [9.17, 15) is 4.79 Å². The zero-order valence-corrected chi connectivity index (χ0v) is 13.1. The molecule has 5 nitrogen and oxygen atoms in total. The van der Waals surface area contributed by atoms with Crippen LogP contribution in [0.15, 0.2) is 48.5 Å². The number of benzene rings is 2. The first-order valence-corrected chi connectivity index (χ1v) is 7.06. The maximum absolute atomic E-state index is 12.0. The van der Waals surface area contributed by atoms with Gasteiger partial charge < -0.3 is 19.9 Å². The number of carbonyl (C=O) groups is 1. The summed E-state index contributed by atoms with van der Waals surface area (Å²) in [7, 11) is 3.15. The Labute approximate surface area is 135 Å². The molecular formula is C18H19NO4. The molecule has 0 atom stereocenters. The van der Waals surface area contributed by atoms with Crippen molar-refractivity contribution in [2.75, 3.05) is 19.5 Å². The van der Waals surface area contributed by atoms with Gasteiger partial charge in [0.05, 0.1) is 20.8 Å². The fraction of sp³-hybridized carbons (Fsp3) is 0.167. The summed E-state index contributed by atoms with van der Waals surface area (Å²) in [6.07, 6.45) is 3.11. The van der Waals surface area contributed by atoms with Gasteiger partial charge in [-0.3, -0.25) is 4.79 Å². The van der Waals surface area contributed by atoms with Gasteiger partial charge in [-0.15, -0.1) is 0 Å². The quantitative estimate of drug-likeness (QED) is 0.805. The van der Waals surface area contributed by atoms with Crippen molar-refractivity contribution < 1.29 is 19.4 Å². The number of anilines is 1. The van der Waals surface area contributed by atoms with Crippen molar-refractivity contribution in [1.82, 2.24) is 0 Å². The van der Waals surface area contributed by atoms with Crippen LogP contribution in [0.2, 0.25) is 0 Å². The highest BCUT2D eigenvalue weighted by atomic mass is 16.5. The molecule has 0 aliphatic carbocycles. The second-order valence-electron chi connectivity index (χ2n) is 4.83. The van der Waals surface area contributed by atoms with E-state index in [2.05, 4.69) is 5.32 Å². The fourth-order valence-corrected chi connectivity index (χ4v) is 2.03. The zero-order chi connectivity index (χ0) is 16.7. The first-order chi connectivity index (χ1) is 11.1. The Kier molecular flexibility index (Phi) is 5.77. The summed E-state index contributed by atoms with van der Waals surface area (Å²) in [4.78, 5) is 12.0. The van der Waals surface area contributed by atoms with Crippen LogP contribution in [-0.2, 0) is 11.4 Å². The molecule has 2 aromatic rings. The highest BCUT2D eigenvalue weighted by Gasteiger charge is 2.02. The highest BCUT2D eigenvalue weighted by Crippen LogP contribution is 2.23. The standard InChI is InChI=1S/C18H19NO4/c1-22-16-9-13(10-17(11-16)23-2)6-7-18(21)19-15-5-3-4-14(8-15)12-20/h3-11,20H,12H2,1-2H3,(H,19,21)/b7-6+. The summed E-state index contributed by atoms with van der Waals surface area (Å²) in [5, 5.41) is 11.8. The lowest BCUT2D eigenvalue weighted by atomic mass is 10.2. The minimum Gasteiger partial charge on any atom is -0.497 e. The van der Waals surface area contributed by atoms with E-state index in [4.69, 9.17) is 14.6 Å². The second kappa shape index (κ2) is 8.00. The van der Waals surface area contributed by atoms with E-state index in [1.165, 1.54) is 6.08 Å². The Hall–Kier alpha value is -2.79. The van der Waals surface area contributed by atoms with Gasteiger partial charge in [-0.05, 0) is 41.5 Å². The van der Waals surface area contributed by atoms with Gasteiger partial charge in [0, 0.05) is 17.8 Å². The average Bonchev–Trinajstić information content (AvgIpc) is 2.59. The van der Waals surface area contributed by atoms with Crippen LogP contribution in [0.4, 0.5) is 5.69 Å². The minimum absolute atomic E-state index is 0.0663. The predicted molar refractivity (Wildman–Crippen MR) is 89.6 cm³/mol. The molecular weight excluding hydrogens is 294 g/mol. The monoisotopic (exact) mass is 313 g/mol. The smallest absolute Gasteiger partial charge is 0.248 e. The van der Waals surface area contributed by atoms with Crippen LogP contribution in [-0.4, -0.2) is 25.2 Å². The second-order valence-corrected chi connectivity index (χ2v) is 4.83. The molecule has 2 aromatic carbocycles. The number of rotatable bonds is 6. The largest absolute Gasteiger partial charge is 0.497 e. The van der Waals surface area contributed by atoms with Crippen LogP contribution < -0.4 is 14.8 Å². The fourth-order valence-electron chi connectivity index (χ4n) is 2.03. The Morgan fingerprint density at radius 3 is 2.43 bits per heavy atom. The molecule has 0 aliphatic heterocycles. The van der Waals surface area contributed by atoms with Crippen LogP contribution >= 0.6 is 0 Å². The van der Waals surface area contributed by atoms with Crippen molar-refractivity contribution in [2.45, 2.75) is 6.61 Å². The molecule has 0 saturated carbocycles. The summed E-state index contributed by atoms with van der Waals surface area (Å²) in [5.74, 6) is 1.04. The van der Waals surface area contributed by atoms with E-state index >= 15 is 0 Å². The summed E-state index contributed by atoms with van der Waals surface area (Å²) in [6.45, 7) is -0.0663. The number of nitrogens with one attached hydrogen (secondary N) is 1. The van der Waals surface area contributed by atoms with E-state index in [1.807, 2.05) is 0 Å². The summed E-state index contributed by atoms with van der Waals surface area (Å²) >= 11 is 0. The predicted octanol–water partition coefficient (Wildman–Crippen LogP) is 2.85. The first-order valence-electron chi connectivity index (χ1n) is 7.06. The van der Waals surface area contributed by atoms with Crippen LogP contribution in [0.3, 0.4) is 0 Å². The molecule has 0 aromatic heterocycles. The Morgan fingerprint density at radius 1 is 1.13 bits per heavy atom. The molecule has 2 N–H and O–H groups in total. The van der Waals surface area contributed by atoms with Gasteiger partial charge in [0.2, 0.25) is 5.91 Å². The van der Waals surface area contributed by atoms with Gasteiger partial charge in [-0.2, -0.15) is 0 Å². The third-order valence-corrected chi connectivity index (χ3v) is 3.18. The molecule has 0 fully saturated rings. The molecule has 5 heteroatoms. The summed E-state index contributed by atoms with van der Waals surface area (Å²) in [5.41, 5.74) is 2.17. The van der Waals surface area contributed by atoms with Crippen molar-refractivity contribution in [3.05, 3.63) is 59.7 Å². The van der Waals surface area contributed by atoms with Crippen molar-refractivity contribution in [3.63, 3.8) is 0 Å². The molecule has 1 amide bonds. The highest BCUT2D eigenvalue weighted by molar-refractivity contribution is 6.02. The van der Waals surface area contributed by atoms with Gasteiger partial charge in [-0.1, -0.05) is 12.1 Å². The summed E-state index contributed by atoms with van der Waals surface area (Å²) < 4.78 is 10.4. The van der Waals surface area contributed by atoms with Crippen molar-refractivity contribution in [3.8, 4) is 11.5 Å². The van der Waals surface area contributed by atoms with Crippen LogP contribution in [0.5, 0.6) is 11.5 Å². The Bertz CT molecular complexity index is 688. The normalized spacial score (nSPS) is 10.6. The van der Waals surface area contributed by atoms with Gasteiger partial charge in [-0.25, -0.2) is 0 Å². The molecule has 120 valence electrons. The lowest BCUT2D eigenvalue weighted by Gasteiger charge is -2.06. The van der Waals surface area contributed by atoms with Crippen LogP contribution in [0.1, 0.15) is 11.1 Å². The molecule has 0 saturated heterocycles. The number of hydrogen-bond acceptors (Lipinski definition) is 4. The van der Waals surface area contributed by atoms with Crippen molar-refractivity contribution in [2.24, 2.45) is 0 Å². The topological polar surface area (TPSA) is 67.8 Å². The maximum atomic E-state index is 12.0. The van der Waals surface area contributed by atoms with E-state index in [0.717, 1.165) is 11.1 Å². The molecule has 0 heterocycles. The van der Waals surface area contributed by atoms with E-state index < -0.39 is 0 Å². The van der Waals surface area contributed by atoms with E-state index in [-0.39, 0.29) is 12.5 Å². The first kappa shape index (κ1) is 16.6. The molecule has 0 aliphatic rings. The van der Waals surface area contributed by atoms with Gasteiger partial charge >= 0.3 is 0 Å². The van der Waals surface area contributed by atoms with Crippen molar-refractivity contribution >= 4 is 17.7 Å². The minimum atomic E-state index is -0.262. The maximum Gasteiger partial charge on any atom is 0.248 e. The number of methoxy groups -OCH3 is 2. The third-order valence-electron chi connectivity index (χ3n) is 3.18. The van der Waals surface area contributed by atoms with Crippen LogP contribution in [0, 0.1) is 0 Å². The van der Waals surface area contributed by atoms with Crippen LogP contribution in [0.25, 0.3) is 6.08 Å². The van der Waals surface area contributed by atoms with Gasteiger partial charge in [0.15, 0.2) is 0 Å². The molecule has 0 bridgehead atoms. The third kappa shape index (κ3) is 4.86. The number of aliphatic hydroxyl groups is 1. The number of hydrogen-bond donors (Lipinski definition) is 2. The average molecular weight is 313 g/mol. The van der Waals surface area contributed by atoms with E-state index in [1.54, 1.807) is 62.8 Å². The van der Waals surface area contributed by atoms with E-state index in [0.29, 0.717) is 17.2 Å². The Balaban J connectivity index is 2.08. The van der Waals surface area contributed by atoms with Gasteiger partial charge in [0.25, 0.3) is 0 Å². The number of aliphatic hydroxyl groups excluding tert-OH is 1. The molecule has 0 unspecified atom stereocenters. The number of carbonyl (C=O) groups excluding carboxylic acids is 1. The molecule has 23 heavy (non-hydrogen) atoms. The zero-order valence-electron chi connectivity index (χ0n) is 13.1. The van der Waals surface area contributed by atoms with Gasteiger partial charge in [0.1, 0.15) is 11.5 Å². The SMILES string of the molecule is COc1cc(/C=C/C(=O)Nc2cccc(CO)c2)cc(OC)c1.